The first-order valence-electron chi connectivity index (χ1n) is 7.67. The van der Waals surface area contributed by atoms with Gasteiger partial charge in [-0.3, -0.25) is 14.4 Å². The van der Waals surface area contributed by atoms with Gasteiger partial charge in [-0.2, -0.15) is 0 Å². The number of primary amides is 3. The van der Waals surface area contributed by atoms with Crippen molar-refractivity contribution in [2.75, 3.05) is 0 Å². The molecule has 1 aliphatic carbocycles. The van der Waals surface area contributed by atoms with Crippen LogP contribution in [0.2, 0.25) is 0 Å². The van der Waals surface area contributed by atoms with Crippen LogP contribution in [0.5, 0.6) is 0 Å². The Morgan fingerprint density at radius 3 is 2.42 bits per heavy atom. The van der Waals surface area contributed by atoms with Crippen molar-refractivity contribution < 1.29 is 14.4 Å². The summed E-state index contributed by atoms with van der Waals surface area (Å²) in [5, 5.41) is 2.17. The van der Waals surface area contributed by atoms with Crippen molar-refractivity contribution in [1.29, 1.82) is 0 Å². The van der Waals surface area contributed by atoms with Gasteiger partial charge >= 0.3 is 0 Å². The van der Waals surface area contributed by atoms with Crippen molar-refractivity contribution in [1.82, 2.24) is 4.98 Å². The van der Waals surface area contributed by atoms with Crippen molar-refractivity contribution in [3.05, 3.63) is 69.7 Å². The fraction of sp³-hybridized carbons (Fsp3) is 0.111. The largest absolute Gasteiger partial charge is 0.369 e. The maximum Gasteiger partial charge on any atom is 0.248 e. The summed E-state index contributed by atoms with van der Waals surface area (Å²) in [6, 6.07) is 6.57. The van der Waals surface area contributed by atoms with Gasteiger partial charge in [-0.15, -0.1) is 11.3 Å². The molecule has 132 valence electrons. The maximum absolute atomic E-state index is 12.6. The normalized spacial score (nSPS) is 19.4. The number of benzene rings is 1. The fourth-order valence-electron chi connectivity index (χ4n) is 3.07. The molecule has 0 saturated carbocycles. The minimum absolute atomic E-state index is 0.00217. The second-order valence-corrected chi connectivity index (χ2v) is 6.76. The highest BCUT2D eigenvalue weighted by Gasteiger charge is 2.47. The number of aromatic nitrogens is 1. The average molecular weight is 368 g/mol. The van der Waals surface area contributed by atoms with E-state index in [4.69, 9.17) is 17.2 Å². The van der Waals surface area contributed by atoms with Crippen LogP contribution in [-0.4, -0.2) is 22.7 Å². The highest BCUT2D eigenvalue weighted by atomic mass is 32.1. The lowest BCUT2D eigenvalue weighted by Gasteiger charge is -2.34. The third-order valence-corrected chi connectivity index (χ3v) is 5.29. The van der Waals surface area contributed by atoms with Crippen molar-refractivity contribution in [2.45, 2.75) is 11.8 Å². The molecule has 0 aliphatic heterocycles. The van der Waals surface area contributed by atoms with Crippen LogP contribution in [0.25, 0.3) is 5.57 Å². The van der Waals surface area contributed by atoms with Crippen molar-refractivity contribution in [3.8, 4) is 0 Å². The zero-order valence-corrected chi connectivity index (χ0v) is 14.5. The summed E-state index contributed by atoms with van der Waals surface area (Å²) in [7, 11) is 0. The second kappa shape index (κ2) is 6.57. The summed E-state index contributed by atoms with van der Waals surface area (Å²) < 4.78 is 0. The van der Waals surface area contributed by atoms with E-state index in [1.165, 1.54) is 11.3 Å². The monoisotopic (exact) mass is 368 g/mol. The molecule has 8 heteroatoms. The van der Waals surface area contributed by atoms with Crippen LogP contribution in [0.3, 0.4) is 0 Å². The van der Waals surface area contributed by atoms with E-state index < -0.39 is 23.1 Å². The van der Waals surface area contributed by atoms with E-state index >= 15 is 0 Å². The molecule has 6 N–H and O–H groups in total. The predicted octanol–water partition coefficient (Wildman–Crippen LogP) is 0.864. The number of nitrogens with zero attached hydrogens (tertiary/aromatic N) is 1. The van der Waals surface area contributed by atoms with E-state index in [9.17, 15) is 14.4 Å². The predicted molar refractivity (Wildman–Crippen MR) is 97.8 cm³/mol. The molecule has 0 saturated heterocycles. The fourth-order valence-corrected chi connectivity index (χ4v) is 3.92. The van der Waals surface area contributed by atoms with Crippen LogP contribution in [0.15, 0.2) is 53.6 Å². The minimum atomic E-state index is -1.36. The van der Waals surface area contributed by atoms with Gasteiger partial charge in [0.1, 0.15) is 10.4 Å². The molecule has 1 heterocycles. The quantitative estimate of drug-likeness (QED) is 0.719. The number of hydrogen-bond acceptors (Lipinski definition) is 5. The molecule has 1 unspecified atom stereocenters. The maximum atomic E-state index is 12.6. The summed E-state index contributed by atoms with van der Waals surface area (Å²) in [6.07, 6.45) is 4.74. The number of carbonyl (C=O) groups excluding carboxylic acids is 3. The van der Waals surface area contributed by atoms with Gasteiger partial charge in [0.25, 0.3) is 0 Å². The van der Waals surface area contributed by atoms with Gasteiger partial charge in [0, 0.05) is 29.1 Å². The summed E-state index contributed by atoms with van der Waals surface area (Å²) in [6.45, 7) is 0. The molecule has 1 aliphatic rings. The molecule has 3 amide bonds. The standard InChI is InChI=1S/C18H16N4O3S/c19-14(23)11-3-1-2-10(8-11)13-5-4-12(15(20)24)9-18(13,16(21)25)17-22-6-7-26-17/h1-8H,9H2,(H2,19,23)(H2,20,24)(H2,21,25). The van der Waals surface area contributed by atoms with Gasteiger partial charge in [-0.1, -0.05) is 24.3 Å². The number of thiazole rings is 1. The molecule has 0 spiro atoms. The third-order valence-electron chi connectivity index (χ3n) is 4.36. The lowest BCUT2D eigenvalue weighted by Crippen LogP contribution is -2.44. The molecular formula is C18H16N4O3S. The van der Waals surface area contributed by atoms with E-state index in [2.05, 4.69) is 4.98 Å². The number of hydrogen-bond donors (Lipinski definition) is 3. The minimum Gasteiger partial charge on any atom is -0.369 e. The summed E-state index contributed by atoms with van der Waals surface area (Å²) in [5.41, 5.74) is 16.9. The summed E-state index contributed by atoms with van der Waals surface area (Å²) >= 11 is 1.26. The van der Waals surface area contributed by atoms with Crippen LogP contribution < -0.4 is 17.2 Å². The van der Waals surface area contributed by atoms with Crippen LogP contribution >= 0.6 is 11.3 Å². The number of carbonyl (C=O) groups is 3. The first kappa shape index (κ1) is 17.6. The highest BCUT2D eigenvalue weighted by molar-refractivity contribution is 7.10. The smallest absolute Gasteiger partial charge is 0.248 e. The average Bonchev–Trinajstić information content (AvgIpc) is 3.16. The summed E-state index contributed by atoms with van der Waals surface area (Å²) in [4.78, 5) is 40.1. The number of allylic oxidation sites excluding steroid dienone is 2. The third kappa shape index (κ3) is 2.80. The molecule has 26 heavy (non-hydrogen) atoms. The molecule has 1 aromatic carbocycles. The number of amides is 3. The molecule has 7 nitrogen and oxygen atoms in total. The Hall–Kier alpha value is -3.26. The molecular weight excluding hydrogens is 352 g/mol. The Balaban J connectivity index is 2.27. The molecule has 0 radical (unpaired) electrons. The van der Waals surface area contributed by atoms with E-state index in [1.54, 1.807) is 48.0 Å². The first-order chi connectivity index (χ1) is 12.4. The Morgan fingerprint density at radius 1 is 1.08 bits per heavy atom. The molecule has 2 aromatic rings. The van der Waals surface area contributed by atoms with Gasteiger partial charge in [-0.05, 0) is 23.3 Å². The van der Waals surface area contributed by atoms with Gasteiger partial charge in [0.05, 0.1) is 0 Å². The van der Waals surface area contributed by atoms with Gasteiger partial charge < -0.3 is 17.2 Å². The molecule has 1 aromatic heterocycles. The van der Waals surface area contributed by atoms with Crippen molar-refractivity contribution in [3.63, 3.8) is 0 Å². The summed E-state index contributed by atoms with van der Waals surface area (Å²) in [5.74, 6) is -1.88. The van der Waals surface area contributed by atoms with Gasteiger partial charge in [0.2, 0.25) is 17.7 Å². The topological polar surface area (TPSA) is 142 Å². The molecule has 3 rings (SSSR count). The Morgan fingerprint density at radius 2 is 1.85 bits per heavy atom. The van der Waals surface area contributed by atoms with Crippen molar-refractivity contribution >= 4 is 34.6 Å². The van der Waals surface area contributed by atoms with E-state index in [-0.39, 0.29) is 12.0 Å². The number of rotatable bonds is 5. The van der Waals surface area contributed by atoms with Crippen LogP contribution in [0, 0.1) is 0 Å². The first-order valence-corrected chi connectivity index (χ1v) is 8.55. The zero-order valence-electron chi connectivity index (χ0n) is 13.6. The van der Waals surface area contributed by atoms with Gasteiger partial charge in [-0.25, -0.2) is 4.98 Å². The molecule has 0 fully saturated rings. The van der Waals surface area contributed by atoms with E-state index in [0.29, 0.717) is 21.7 Å². The van der Waals surface area contributed by atoms with Crippen LogP contribution in [0.1, 0.15) is 27.3 Å². The zero-order chi connectivity index (χ0) is 18.9. The lowest BCUT2D eigenvalue weighted by molar-refractivity contribution is -0.121. The second-order valence-electron chi connectivity index (χ2n) is 5.87. The highest BCUT2D eigenvalue weighted by Crippen LogP contribution is 2.46. The van der Waals surface area contributed by atoms with Crippen LogP contribution in [-0.2, 0) is 15.0 Å². The Kier molecular flexibility index (Phi) is 4.43. The van der Waals surface area contributed by atoms with Gasteiger partial charge in [0.15, 0.2) is 0 Å². The van der Waals surface area contributed by atoms with Crippen LogP contribution in [0.4, 0.5) is 0 Å². The van der Waals surface area contributed by atoms with E-state index in [0.717, 1.165) is 0 Å². The Labute approximate surface area is 153 Å². The number of nitrogens with two attached hydrogens (primary N) is 3. The Bertz CT molecular complexity index is 963. The van der Waals surface area contributed by atoms with E-state index in [1.807, 2.05) is 0 Å². The lowest BCUT2D eigenvalue weighted by atomic mass is 9.69. The SMILES string of the molecule is NC(=O)C1=CC=C(c2cccc(C(N)=O)c2)C(C(N)=O)(c2nccs2)C1. The van der Waals surface area contributed by atoms with Crippen molar-refractivity contribution in [2.24, 2.45) is 17.2 Å². The molecule has 0 bridgehead atoms. The molecule has 1 atom stereocenters.